The van der Waals surface area contributed by atoms with Crippen LogP contribution in [0.3, 0.4) is 0 Å². The first kappa shape index (κ1) is 12.9. The maximum absolute atomic E-state index is 11.9. The maximum Gasteiger partial charge on any atom is 0.281 e. The van der Waals surface area contributed by atoms with Gasteiger partial charge in [0.15, 0.2) is 0 Å². The molecule has 1 fully saturated rings. The average Bonchev–Trinajstić information content (AvgIpc) is 2.22. The van der Waals surface area contributed by atoms with Gasteiger partial charge in [-0.3, -0.25) is 4.79 Å². The summed E-state index contributed by atoms with van der Waals surface area (Å²) in [5.74, 6) is 1.57. The van der Waals surface area contributed by atoms with E-state index < -0.39 is 0 Å². The van der Waals surface area contributed by atoms with E-state index in [0.717, 1.165) is 12.3 Å². The summed E-state index contributed by atoms with van der Waals surface area (Å²) in [6.45, 7) is 7.29. The normalized spacial score (nSPS) is 26.3. The smallest absolute Gasteiger partial charge is 0.281 e. The van der Waals surface area contributed by atoms with Crippen LogP contribution in [0.4, 0.5) is 4.79 Å². The molecule has 2 atom stereocenters. The second-order valence-corrected chi connectivity index (χ2v) is 5.53. The Balaban J connectivity index is 2.59. The fourth-order valence-corrected chi connectivity index (χ4v) is 3.14. The van der Waals surface area contributed by atoms with Crippen LogP contribution in [-0.2, 0) is 0 Å². The Bertz CT molecular complexity index is 208. The summed E-state index contributed by atoms with van der Waals surface area (Å²) in [6, 6.07) is 0.496. The number of rotatable bonds is 3. The van der Waals surface area contributed by atoms with Crippen LogP contribution in [0.25, 0.3) is 0 Å². The number of hydrogen-bond acceptors (Lipinski definition) is 2. The Morgan fingerprint density at radius 1 is 1.33 bits per heavy atom. The highest BCUT2D eigenvalue weighted by atomic mass is 32.2. The SMILES string of the molecule is CCSC(=O)N(CC)C1CCCCC1C. The maximum atomic E-state index is 11.9. The minimum Gasteiger partial charge on any atom is -0.331 e. The van der Waals surface area contributed by atoms with Gasteiger partial charge in [0.25, 0.3) is 5.24 Å². The third-order valence-electron chi connectivity index (χ3n) is 3.31. The summed E-state index contributed by atoms with van der Waals surface area (Å²) in [6.07, 6.45) is 5.11. The molecule has 0 radical (unpaired) electrons. The molecule has 3 heteroatoms. The van der Waals surface area contributed by atoms with Gasteiger partial charge in [-0.1, -0.05) is 38.5 Å². The highest BCUT2D eigenvalue weighted by molar-refractivity contribution is 8.13. The van der Waals surface area contributed by atoms with Gasteiger partial charge in [0, 0.05) is 12.6 Å². The Hall–Kier alpha value is -0.180. The van der Waals surface area contributed by atoms with E-state index in [-0.39, 0.29) is 5.24 Å². The molecule has 0 bridgehead atoms. The van der Waals surface area contributed by atoms with E-state index in [4.69, 9.17) is 0 Å². The van der Waals surface area contributed by atoms with E-state index >= 15 is 0 Å². The van der Waals surface area contributed by atoms with Crippen LogP contribution in [-0.4, -0.2) is 28.5 Å². The minimum atomic E-state index is 0.277. The van der Waals surface area contributed by atoms with E-state index in [9.17, 15) is 4.79 Å². The summed E-state index contributed by atoms with van der Waals surface area (Å²) >= 11 is 1.45. The highest BCUT2D eigenvalue weighted by Crippen LogP contribution is 2.29. The lowest BCUT2D eigenvalue weighted by Crippen LogP contribution is -2.43. The zero-order valence-corrected chi connectivity index (χ0v) is 11.0. The number of amides is 1. The zero-order chi connectivity index (χ0) is 11.3. The van der Waals surface area contributed by atoms with Crippen molar-refractivity contribution < 1.29 is 4.79 Å². The molecule has 0 saturated heterocycles. The van der Waals surface area contributed by atoms with Crippen molar-refractivity contribution in [1.82, 2.24) is 4.90 Å². The molecule has 2 unspecified atom stereocenters. The number of hydrogen-bond donors (Lipinski definition) is 0. The Morgan fingerprint density at radius 3 is 2.53 bits per heavy atom. The predicted molar refractivity (Wildman–Crippen MR) is 67.3 cm³/mol. The van der Waals surface area contributed by atoms with Crippen LogP contribution in [0.2, 0.25) is 0 Å². The predicted octanol–water partition coefficient (Wildman–Crippen LogP) is 3.76. The molecule has 88 valence electrons. The second kappa shape index (κ2) is 6.41. The van der Waals surface area contributed by atoms with Crippen molar-refractivity contribution in [2.24, 2.45) is 5.92 Å². The van der Waals surface area contributed by atoms with Crippen molar-refractivity contribution in [3.05, 3.63) is 0 Å². The molecule has 0 N–H and O–H groups in total. The van der Waals surface area contributed by atoms with Gasteiger partial charge in [0.05, 0.1) is 0 Å². The van der Waals surface area contributed by atoms with Gasteiger partial charge in [-0.05, 0) is 31.4 Å². The van der Waals surface area contributed by atoms with Gasteiger partial charge in [-0.25, -0.2) is 0 Å². The first-order chi connectivity index (χ1) is 7.20. The molecule has 15 heavy (non-hydrogen) atoms. The van der Waals surface area contributed by atoms with Crippen LogP contribution < -0.4 is 0 Å². The van der Waals surface area contributed by atoms with Gasteiger partial charge in [0.2, 0.25) is 0 Å². The summed E-state index contributed by atoms with van der Waals surface area (Å²) in [5, 5.41) is 0.277. The Labute approximate surface area is 97.8 Å². The molecule has 0 spiro atoms. The molecule has 1 aliphatic rings. The molecule has 0 aliphatic heterocycles. The average molecular weight is 229 g/mol. The van der Waals surface area contributed by atoms with Crippen molar-refractivity contribution in [3.8, 4) is 0 Å². The largest absolute Gasteiger partial charge is 0.331 e. The Kier molecular flexibility index (Phi) is 5.51. The molecule has 0 heterocycles. The van der Waals surface area contributed by atoms with Crippen molar-refractivity contribution in [2.75, 3.05) is 12.3 Å². The minimum absolute atomic E-state index is 0.277. The van der Waals surface area contributed by atoms with Crippen LogP contribution in [0, 0.1) is 5.92 Å². The summed E-state index contributed by atoms with van der Waals surface area (Å²) in [7, 11) is 0. The molecule has 2 nitrogen and oxygen atoms in total. The van der Waals surface area contributed by atoms with Gasteiger partial charge in [-0.15, -0.1) is 0 Å². The fourth-order valence-electron chi connectivity index (χ4n) is 2.47. The van der Waals surface area contributed by atoms with Gasteiger partial charge in [-0.2, -0.15) is 0 Å². The van der Waals surface area contributed by atoms with E-state index in [1.165, 1.54) is 37.4 Å². The first-order valence-corrected chi connectivity index (χ1v) is 7.12. The highest BCUT2D eigenvalue weighted by Gasteiger charge is 2.29. The van der Waals surface area contributed by atoms with E-state index in [1.807, 2.05) is 6.92 Å². The van der Waals surface area contributed by atoms with Crippen molar-refractivity contribution in [1.29, 1.82) is 0 Å². The standard InChI is InChI=1S/C12H23NOS/c1-4-13(12(14)15-5-2)11-9-7-6-8-10(11)3/h10-11H,4-9H2,1-3H3. The number of nitrogens with zero attached hydrogens (tertiary/aromatic N) is 1. The fraction of sp³-hybridized carbons (Fsp3) is 0.917. The molecule has 1 aliphatic carbocycles. The third kappa shape index (κ3) is 3.40. The van der Waals surface area contributed by atoms with Crippen LogP contribution >= 0.6 is 11.8 Å². The zero-order valence-electron chi connectivity index (χ0n) is 10.2. The van der Waals surface area contributed by atoms with Crippen LogP contribution in [0.1, 0.15) is 46.5 Å². The van der Waals surface area contributed by atoms with Crippen molar-refractivity contribution in [3.63, 3.8) is 0 Å². The lowest BCUT2D eigenvalue weighted by atomic mass is 9.85. The number of carbonyl (C=O) groups excluding carboxylic acids is 1. The Morgan fingerprint density at radius 2 is 2.00 bits per heavy atom. The summed E-state index contributed by atoms with van der Waals surface area (Å²) < 4.78 is 0. The molecule has 1 amide bonds. The molecule has 1 rings (SSSR count). The third-order valence-corrected chi connectivity index (χ3v) is 4.08. The van der Waals surface area contributed by atoms with Gasteiger partial charge in [0.1, 0.15) is 0 Å². The van der Waals surface area contributed by atoms with Crippen molar-refractivity contribution >= 4 is 17.0 Å². The number of carbonyl (C=O) groups is 1. The van der Waals surface area contributed by atoms with E-state index in [0.29, 0.717) is 12.0 Å². The molecule has 1 saturated carbocycles. The van der Waals surface area contributed by atoms with Crippen LogP contribution in [0.5, 0.6) is 0 Å². The van der Waals surface area contributed by atoms with Gasteiger partial charge < -0.3 is 4.90 Å². The number of thioether (sulfide) groups is 1. The molecular formula is C12H23NOS. The lowest BCUT2D eigenvalue weighted by molar-refractivity contribution is 0.148. The lowest BCUT2D eigenvalue weighted by Gasteiger charge is -2.37. The van der Waals surface area contributed by atoms with Crippen molar-refractivity contribution in [2.45, 2.75) is 52.5 Å². The monoisotopic (exact) mass is 229 g/mol. The first-order valence-electron chi connectivity index (χ1n) is 6.14. The summed E-state index contributed by atoms with van der Waals surface area (Å²) in [4.78, 5) is 14.0. The topological polar surface area (TPSA) is 20.3 Å². The summed E-state index contributed by atoms with van der Waals surface area (Å²) in [5.41, 5.74) is 0. The molecule has 0 aromatic carbocycles. The van der Waals surface area contributed by atoms with Gasteiger partial charge >= 0.3 is 0 Å². The molecular weight excluding hydrogens is 206 g/mol. The molecule has 0 aromatic heterocycles. The quantitative estimate of drug-likeness (QED) is 0.734. The van der Waals surface area contributed by atoms with Crippen LogP contribution in [0.15, 0.2) is 0 Å². The second-order valence-electron chi connectivity index (χ2n) is 4.31. The van der Waals surface area contributed by atoms with E-state index in [2.05, 4.69) is 18.7 Å². The molecule has 0 aromatic rings. The van der Waals surface area contributed by atoms with E-state index in [1.54, 1.807) is 0 Å².